The summed E-state index contributed by atoms with van der Waals surface area (Å²) < 4.78 is 27.9. The number of rotatable bonds is 3. The van der Waals surface area contributed by atoms with Crippen LogP contribution in [0.5, 0.6) is 5.75 Å². The van der Waals surface area contributed by atoms with Crippen molar-refractivity contribution in [2.75, 3.05) is 4.72 Å². The molecule has 0 aliphatic carbocycles. The lowest BCUT2D eigenvalue weighted by Crippen LogP contribution is -2.17. The first-order chi connectivity index (χ1) is 11.5. The number of nitriles is 1. The Bertz CT molecular complexity index is 971. The summed E-state index contributed by atoms with van der Waals surface area (Å²) in [6, 6.07) is 9.35. The van der Waals surface area contributed by atoms with E-state index in [1.54, 1.807) is 13.0 Å². The van der Waals surface area contributed by atoms with E-state index in [0.717, 1.165) is 0 Å². The average Bonchev–Trinajstić information content (AvgIpc) is 2.49. The monoisotopic (exact) mass is 378 g/mol. The number of phenolic OH excluding ortho intramolecular Hbond substituents is 1. The van der Waals surface area contributed by atoms with Crippen molar-refractivity contribution in [3.63, 3.8) is 0 Å². The molecule has 2 rings (SSSR count). The summed E-state index contributed by atoms with van der Waals surface area (Å²) >= 11 is 6.04. The molecule has 0 aliphatic heterocycles. The van der Waals surface area contributed by atoms with E-state index >= 15 is 0 Å². The number of phenols is 1. The Morgan fingerprint density at radius 3 is 2.36 bits per heavy atom. The van der Waals surface area contributed by atoms with Gasteiger partial charge in [-0.25, -0.2) is 8.42 Å². The molecule has 132 valence electrons. The molecular weight excluding hydrogens is 360 g/mol. The van der Waals surface area contributed by atoms with Gasteiger partial charge >= 0.3 is 0 Å². The number of nitrogens with zero attached hydrogens (tertiary/aromatic N) is 1. The normalized spacial score (nSPS) is 11.8. The van der Waals surface area contributed by atoms with Crippen LogP contribution in [0.25, 0.3) is 0 Å². The molecule has 0 atom stereocenters. The van der Waals surface area contributed by atoms with Crippen molar-refractivity contribution in [2.24, 2.45) is 0 Å². The number of sulfonamides is 1. The van der Waals surface area contributed by atoms with Gasteiger partial charge in [-0.1, -0.05) is 38.4 Å². The summed E-state index contributed by atoms with van der Waals surface area (Å²) in [5.41, 5.74) is 1.29. The molecule has 2 aromatic carbocycles. The van der Waals surface area contributed by atoms with Crippen molar-refractivity contribution < 1.29 is 13.5 Å². The first-order valence-corrected chi connectivity index (χ1v) is 9.38. The molecule has 0 saturated heterocycles. The van der Waals surface area contributed by atoms with E-state index in [9.17, 15) is 13.5 Å². The van der Waals surface area contributed by atoms with Crippen molar-refractivity contribution in [1.29, 1.82) is 5.26 Å². The molecule has 0 heterocycles. The topological polar surface area (TPSA) is 90.2 Å². The number of halogens is 1. The quantitative estimate of drug-likeness (QED) is 0.831. The SMILES string of the molecule is Cc1cc(C(C)(C)C)c(O)c(S(=O)(=O)Nc2ccc(C#N)cc2Cl)c1. The van der Waals surface area contributed by atoms with E-state index in [1.807, 2.05) is 26.8 Å². The number of aryl methyl sites for hydroxylation is 1. The lowest BCUT2D eigenvalue weighted by molar-refractivity contribution is 0.431. The summed E-state index contributed by atoms with van der Waals surface area (Å²) in [5.74, 6) is -0.282. The van der Waals surface area contributed by atoms with Gasteiger partial charge in [0.2, 0.25) is 0 Å². The van der Waals surface area contributed by atoms with Crippen molar-refractivity contribution in [3.05, 3.63) is 52.0 Å². The molecule has 0 saturated carbocycles. The van der Waals surface area contributed by atoms with Crippen LogP contribution in [0.4, 0.5) is 5.69 Å². The highest BCUT2D eigenvalue weighted by Crippen LogP contribution is 2.37. The van der Waals surface area contributed by atoms with E-state index < -0.39 is 15.4 Å². The minimum Gasteiger partial charge on any atom is -0.506 e. The van der Waals surface area contributed by atoms with Crippen molar-refractivity contribution in [3.8, 4) is 11.8 Å². The second-order valence-corrected chi connectivity index (χ2v) is 8.88. The zero-order valence-corrected chi connectivity index (χ0v) is 16.0. The highest BCUT2D eigenvalue weighted by Gasteiger charge is 2.27. The van der Waals surface area contributed by atoms with Gasteiger partial charge in [0.1, 0.15) is 10.6 Å². The Hall–Kier alpha value is -2.23. The fraction of sp³-hybridized carbons (Fsp3) is 0.278. The van der Waals surface area contributed by atoms with Gasteiger partial charge < -0.3 is 5.11 Å². The highest BCUT2D eigenvalue weighted by molar-refractivity contribution is 7.92. The maximum Gasteiger partial charge on any atom is 0.265 e. The molecule has 0 spiro atoms. The third-order valence-corrected chi connectivity index (χ3v) is 5.35. The molecule has 25 heavy (non-hydrogen) atoms. The van der Waals surface area contributed by atoms with Crippen LogP contribution < -0.4 is 4.72 Å². The summed E-state index contributed by atoms with van der Waals surface area (Å²) in [4.78, 5) is -0.210. The second-order valence-electron chi connectivity index (χ2n) is 6.82. The zero-order valence-electron chi connectivity index (χ0n) is 14.4. The fourth-order valence-corrected chi connectivity index (χ4v) is 3.96. The third-order valence-electron chi connectivity index (χ3n) is 3.66. The van der Waals surface area contributed by atoms with Crippen LogP contribution in [0.15, 0.2) is 35.2 Å². The van der Waals surface area contributed by atoms with Gasteiger partial charge in [0.15, 0.2) is 0 Å². The van der Waals surface area contributed by atoms with E-state index in [-0.39, 0.29) is 21.4 Å². The molecule has 0 aliphatic rings. The summed E-state index contributed by atoms with van der Waals surface area (Å²) in [6.07, 6.45) is 0. The predicted molar refractivity (Wildman–Crippen MR) is 98.5 cm³/mol. The smallest absolute Gasteiger partial charge is 0.265 e. The largest absolute Gasteiger partial charge is 0.506 e. The first-order valence-electron chi connectivity index (χ1n) is 7.52. The third kappa shape index (κ3) is 4.06. The molecule has 7 heteroatoms. The van der Waals surface area contributed by atoms with Gasteiger partial charge in [0.25, 0.3) is 10.0 Å². The number of hydrogen-bond donors (Lipinski definition) is 2. The molecule has 0 radical (unpaired) electrons. The molecule has 0 aromatic heterocycles. The van der Waals surface area contributed by atoms with Crippen molar-refractivity contribution in [2.45, 2.75) is 38.0 Å². The molecule has 0 amide bonds. The Morgan fingerprint density at radius 2 is 1.84 bits per heavy atom. The summed E-state index contributed by atoms with van der Waals surface area (Å²) in [7, 11) is -4.06. The lowest BCUT2D eigenvalue weighted by Gasteiger charge is -2.23. The number of aromatic hydroxyl groups is 1. The van der Waals surface area contributed by atoms with Crippen LogP contribution in [0, 0.1) is 18.3 Å². The predicted octanol–water partition coefficient (Wildman–Crippen LogP) is 4.32. The van der Waals surface area contributed by atoms with Gasteiger partial charge in [-0.2, -0.15) is 5.26 Å². The van der Waals surface area contributed by atoms with Crippen LogP contribution in [-0.2, 0) is 15.4 Å². The number of anilines is 1. The van der Waals surface area contributed by atoms with E-state index in [4.69, 9.17) is 16.9 Å². The first kappa shape index (κ1) is 19.1. The summed E-state index contributed by atoms with van der Waals surface area (Å²) in [6.45, 7) is 7.44. The Kier molecular flexibility index (Phi) is 5.03. The van der Waals surface area contributed by atoms with Gasteiger partial charge in [-0.05, 0) is 42.2 Å². The average molecular weight is 379 g/mol. The van der Waals surface area contributed by atoms with E-state index in [1.165, 1.54) is 24.3 Å². The maximum absolute atomic E-state index is 12.8. The van der Waals surface area contributed by atoms with Crippen LogP contribution in [0.2, 0.25) is 5.02 Å². The minimum atomic E-state index is -4.06. The molecular formula is C18H19ClN2O3S. The molecule has 0 bridgehead atoms. The van der Waals surface area contributed by atoms with Crippen molar-refractivity contribution >= 4 is 27.3 Å². The van der Waals surface area contributed by atoms with Crippen LogP contribution in [-0.4, -0.2) is 13.5 Å². The standard InChI is InChI=1S/C18H19ClN2O3S/c1-11-7-13(18(2,3)4)17(22)16(8-11)25(23,24)21-15-6-5-12(10-20)9-14(15)19/h5-9,21-22H,1-4H3. The van der Waals surface area contributed by atoms with E-state index in [0.29, 0.717) is 16.7 Å². The lowest BCUT2D eigenvalue weighted by atomic mass is 9.85. The Labute approximate surface area is 152 Å². The minimum absolute atomic E-state index is 0.103. The van der Waals surface area contributed by atoms with Crippen LogP contribution >= 0.6 is 11.6 Å². The fourth-order valence-electron chi connectivity index (χ4n) is 2.39. The Balaban J connectivity index is 2.55. The molecule has 2 aromatic rings. The zero-order chi connectivity index (χ0) is 19.0. The molecule has 0 fully saturated rings. The van der Waals surface area contributed by atoms with Gasteiger partial charge in [-0.15, -0.1) is 0 Å². The number of hydrogen-bond acceptors (Lipinski definition) is 4. The van der Waals surface area contributed by atoms with Gasteiger partial charge in [0, 0.05) is 5.56 Å². The molecule has 5 nitrogen and oxygen atoms in total. The summed E-state index contributed by atoms with van der Waals surface area (Å²) in [5, 5.41) is 19.5. The van der Waals surface area contributed by atoms with Gasteiger partial charge in [0.05, 0.1) is 22.3 Å². The maximum atomic E-state index is 12.8. The molecule has 2 N–H and O–H groups in total. The van der Waals surface area contributed by atoms with Crippen molar-refractivity contribution in [1.82, 2.24) is 0 Å². The molecule has 0 unspecified atom stereocenters. The highest BCUT2D eigenvalue weighted by atomic mass is 35.5. The van der Waals surface area contributed by atoms with Gasteiger partial charge in [-0.3, -0.25) is 4.72 Å². The second kappa shape index (κ2) is 6.58. The van der Waals surface area contributed by atoms with E-state index in [2.05, 4.69) is 4.72 Å². The number of benzene rings is 2. The number of nitrogens with one attached hydrogen (secondary N) is 1. The van der Waals surface area contributed by atoms with Crippen LogP contribution in [0.1, 0.15) is 37.5 Å². The Morgan fingerprint density at radius 1 is 1.20 bits per heavy atom. The van der Waals surface area contributed by atoms with Crippen LogP contribution in [0.3, 0.4) is 0 Å².